The Hall–Kier alpha value is -0.970. The first-order valence-electron chi connectivity index (χ1n) is 7.27. The van der Waals surface area contributed by atoms with E-state index in [9.17, 15) is 0 Å². The summed E-state index contributed by atoms with van der Waals surface area (Å²) in [6.45, 7) is 5.44. The van der Waals surface area contributed by atoms with E-state index in [2.05, 4.69) is 34.0 Å². The normalized spacial score (nSPS) is 33.8. The molecule has 0 spiro atoms. The largest absolute Gasteiger partial charge is 0.329 e. The van der Waals surface area contributed by atoms with Gasteiger partial charge in [-0.2, -0.15) is 0 Å². The van der Waals surface area contributed by atoms with Gasteiger partial charge in [0.25, 0.3) is 0 Å². The van der Waals surface area contributed by atoms with Gasteiger partial charge in [-0.1, -0.05) is 0 Å². The SMILES string of the molecule is CN(Cc1ccncc1)C1(CN)CCN2CCC1C2. The van der Waals surface area contributed by atoms with Crippen LogP contribution in [0.3, 0.4) is 0 Å². The minimum Gasteiger partial charge on any atom is -0.329 e. The zero-order valence-electron chi connectivity index (χ0n) is 11.8. The summed E-state index contributed by atoms with van der Waals surface area (Å²) in [4.78, 5) is 9.17. The molecule has 0 aliphatic carbocycles. The number of aromatic nitrogens is 1. The molecule has 3 rings (SSSR count). The fourth-order valence-corrected chi connectivity index (χ4v) is 3.88. The molecule has 1 aromatic rings. The van der Waals surface area contributed by atoms with Crippen LogP contribution in [0, 0.1) is 5.92 Å². The van der Waals surface area contributed by atoms with Gasteiger partial charge in [-0.25, -0.2) is 0 Å². The van der Waals surface area contributed by atoms with Crippen molar-refractivity contribution in [3.05, 3.63) is 30.1 Å². The molecule has 2 N–H and O–H groups in total. The van der Waals surface area contributed by atoms with Crippen LogP contribution in [0.25, 0.3) is 0 Å². The molecule has 0 amide bonds. The Morgan fingerprint density at radius 2 is 2.21 bits per heavy atom. The fraction of sp³-hybridized carbons (Fsp3) is 0.667. The van der Waals surface area contributed by atoms with Crippen molar-refractivity contribution in [3.8, 4) is 0 Å². The van der Waals surface area contributed by atoms with E-state index >= 15 is 0 Å². The van der Waals surface area contributed by atoms with Crippen LogP contribution < -0.4 is 5.73 Å². The summed E-state index contributed by atoms with van der Waals surface area (Å²) in [5.74, 6) is 0.734. The Bertz CT molecular complexity index is 421. The summed E-state index contributed by atoms with van der Waals surface area (Å²) in [5, 5.41) is 0. The highest BCUT2D eigenvalue weighted by Gasteiger charge is 2.47. The Morgan fingerprint density at radius 3 is 2.95 bits per heavy atom. The predicted molar refractivity (Wildman–Crippen MR) is 76.7 cm³/mol. The number of hydrogen-bond donors (Lipinski definition) is 1. The molecule has 2 aliphatic heterocycles. The molecule has 2 aliphatic rings. The zero-order valence-corrected chi connectivity index (χ0v) is 11.8. The molecule has 1 aromatic heterocycles. The van der Waals surface area contributed by atoms with Gasteiger partial charge in [-0.05, 0) is 56.6 Å². The molecule has 4 nitrogen and oxygen atoms in total. The number of piperidine rings is 1. The number of rotatable bonds is 4. The molecule has 0 saturated carbocycles. The van der Waals surface area contributed by atoms with Gasteiger partial charge in [0.05, 0.1) is 0 Å². The molecule has 4 heteroatoms. The van der Waals surface area contributed by atoms with E-state index < -0.39 is 0 Å². The van der Waals surface area contributed by atoms with Crippen molar-refractivity contribution in [2.45, 2.75) is 24.9 Å². The third-order valence-electron chi connectivity index (χ3n) is 5.18. The van der Waals surface area contributed by atoms with Gasteiger partial charge in [0.15, 0.2) is 0 Å². The van der Waals surface area contributed by atoms with Crippen LogP contribution in [0.1, 0.15) is 18.4 Å². The van der Waals surface area contributed by atoms with Crippen LogP contribution in [0.15, 0.2) is 24.5 Å². The lowest BCUT2D eigenvalue weighted by Crippen LogP contribution is -2.60. The molecule has 0 aromatic carbocycles. The van der Waals surface area contributed by atoms with Crippen LogP contribution in [0.2, 0.25) is 0 Å². The first-order valence-corrected chi connectivity index (χ1v) is 7.27. The quantitative estimate of drug-likeness (QED) is 0.875. The number of hydrogen-bond acceptors (Lipinski definition) is 4. The highest BCUT2D eigenvalue weighted by atomic mass is 15.3. The van der Waals surface area contributed by atoms with E-state index in [0.29, 0.717) is 0 Å². The monoisotopic (exact) mass is 260 g/mol. The van der Waals surface area contributed by atoms with E-state index in [1.165, 1.54) is 38.0 Å². The van der Waals surface area contributed by atoms with E-state index in [0.717, 1.165) is 19.0 Å². The summed E-state index contributed by atoms with van der Waals surface area (Å²) >= 11 is 0. The van der Waals surface area contributed by atoms with Crippen molar-refractivity contribution in [2.24, 2.45) is 11.7 Å². The summed E-state index contributed by atoms with van der Waals surface area (Å²) in [7, 11) is 2.24. The number of nitrogens with zero attached hydrogens (tertiary/aromatic N) is 3. The average Bonchev–Trinajstić information content (AvgIpc) is 2.84. The third-order valence-corrected chi connectivity index (χ3v) is 5.18. The number of likely N-dealkylation sites (N-methyl/N-ethyl adjacent to an activating group) is 1. The zero-order chi connectivity index (χ0) is 13.3. The Balaban J connectivity index is 1.77. The lowest BCUT2D eigenvalue weighted by molar-refractivity contribution is 0.0212. The predicted octanol–water partition coefficient (Wildman–Crippen LogP) is 0.937. The maximum atomic E-state index is 6.20. The van der Waals surface area contributed by atoms with Crippen LogP contribution in [-0.4, -0.2) is 53.5 Å². The highest BCUT2D eigenvalue weighted by molar-refractivity contribution is 5.12. The van der Waals surface area contributed by atoms with Crippen LogP contribution in [0.4, 0.5) is 0 Å². The Labute approximate surface area is 115 Å². The number of pyridine rings is 1. The van der Waals surface area contributed by atoms with Gasteiger partial charge in [-0.3, -0.25) is 9.88 Å². The van der Waals surface area contributed by atoms with Gasteiger partial charge in [0, 0.05) is 37.6 Å². The first kappa shape index (κ1) is 13.0. The first-order chi connectivity index (χ1) is 9.24. The lowest BCUT2D eigenvalue weighted by atomic mass is 9.77. The van der Waals surface area contributed by atoms with E-state index in [4.69, 9.17) is 5.73 Å². The van der Waals surface area contributed by atoms with Gasteiger partial charge in [-0.15, -0.1) is 0 Å². The van der Waals surface area contributed by atoms with Crippen molar-refractivity contribution >= 4 is 0 Å². The second-order valence-corrected chi connectivity index (χ2v) is 6.06. The summed E-state index contributed by atoms with van der Waals surface area (Å²) in [5.41, 5.74) is 7.72. The van der Waals surface area contributed by atoms with E-state index in [-0.39, 0.29) is 5.54 Å². The smallest absolute Gasteiger partial charge is 0.0385 e. The van der Waals surface area contributed by atoms with Crippen molar-refractivity contribution in [1.29, 1.82) is 0 Å². The number of nitrogens with two attached hydrogens (primary N) is 1. The molecule has 104 valence electrons. The van der Waals surface area contributed by atoms with Crippen molar-refractivity contribution in [3.63, 3.8) is 0 Å². The second kappa shape index (κ2) is 5.19. The molecular weight excluding hydrogens is 236 g/mol. The summed E-state index contributed by atoms with van der Waals surface area (Å²) in [6.07, 6.45) is 6.25. The molecule has 3 unspecified atom stereocenters. The highest BCUT2D eigenvalue weighted by Crippen LogP contribution is 2.39. The van der Waals surface area contributed by atoms with E-state index in [1.807, 2.05) is 12.4 Å². The van der Waals surface area contributed by atoms with Gasteiger partial charge in [0.1, 0.15) is 0 Å². The minimum atomic E-state index is 0.191. The third kappa shape index (κ3) is 2.29. The number of fused-ring (bicyclic) bond motifs is 2. The molecular formula is C15H24N4. The topological polar surface area (TPSA) is 45.4 Å². The lowest BCUT2D eigenvalue weighted by Gasteiger charge is -2.48. The van der Waals surface area contributed by atoms with Crippen molar-refractivity contribution in [1.82, 2.24) is 14.8 Å². The molecule has 2 saturated heterocycles. The molecule has 3 heterocycles. The fourth-order valence-electron chi connectivity index (χ4n) is 3.88. The molecule has 0 radical (unpaired) electrons. The average molecular weight is 260 g/mol. The van der Waals surface area contributed by atoms with E-state index in [1.54, 1.807) is 0 Å². The Kier molecular flexibility index (Phi) is 3.56. The van der Waals surface area contributed by atoms with Crippen LogP contribution in [-0.2, 0) is 6.54 Å². The van der Waals surface area contributed by atoms with Gasteiger partial charge in [0.2, 0.25) is 0 Å². The minimum absolute atomic E-state index is 0.191. The van der Waals surface area contributed by atoms with Crippen molar-refractivity contribution in [2.75, 3.05) is 33.2 Å². The standard InChI is InChI=1S/C15H24N4/c1-18(10-13-2-6-17-7-3-13)15(12-16)5-9-19-8-4-14(15)11-19/h2-3,6-7,14H,4-5,8-12,16H2,1H3. The molecule has 2 bridgehead atoms. The second-order valence-electron chi connectivity index (χ2n) is 6.06. The van der Waals surface area contributed by atoms with Gasteiger partial charge < -0.3 is 10.6 Å². The maximum absolute atomic E-state index is 6.20. The molecule has 19 heavy (non-hydrogen) atoms. The molecule has 2 fully saturated rings. The summed E-state index contributed by atoms with van der Waals surface area (Å²) < 4.78 is 0. The summed E-state index contributed by atoms with van der Waals surface area (Å²) in [6, 6.07) is 4.20. The Morgan fingerprint density at radius 1 is 1.42 bits per heavy atom. The van der Waals surface area contributed by atoms with Crippen molar-refractivity contribution < 1.29 is 0 Å². The maximum Gasteiger partial charge on any atom is 0.0385 e. The van der Waals surface area contributed by atoms with Crippen LogP contribution in [0.5, 0.6) is 0 Å². The van der Waals surface area contributed by atoms with Gasteiger partial charge >= 0.3 is 0 Å². The molecule has 3 atom stereocenters. The van der Waals surface area contributed by atoms with Crippen LogP contribution >= 0.6 is 0 Å².